The third kappa shape index (κ3) is 3.00. The Labute approximate surface area is 120 Å². The number of hydrogen-bond donors (Lipinski definition) is 1. The zero-order valence-electron chi connectivity index (χ0n) is 10.9. The molecule has 1 heterocycles. The van der Waals surface area contributed by atoms with Gasteiger partial charge in [0.15, 0.2) is 11.5 Å². The van der Waals surface area contributed by atoms with E-state index in [-0.39, 0.29) is 18.5 Å². The fourth-order valence-electron chi connectivity index (χ4n) is 1.85. The summed E-state index contributed by atoms with van der Waals surface area (Å²) in [6, 6.07) is 10.7. The molecule has 0 saturated heterocycles. The Kier molecular flexibility index (Phi) is 3.51. The quantitative estimate of drug-likeness (QED) is 0.696. The molecule has 1 aliphatic heterocycles. The van der Waals surface area contributed by atoms with E-state index in [1.165, 1.54) is 18.3 Å². The molecule has 6 heteroatoms. The summed E-state index contributed by atoms with van der Waals surface area (Å²) >= 11 is 0. The van der Waals surface area contributed by atoms with E-state index in [1.807, 2.05) is 0 Å². The standard InChI is InChI=1S/C15H11FN2O3/c16-12-3-1-2-10(6-12)8-17-18-15(19)11-4-5-13-14(7-11)21-9-20-13/h1-8H,9H2,(H,18,19)/b17-8+. The van der Waals surface area contributed by atoms with E-state index >= 15 is 0 Å². The third-order valence-electron chi connectivity index (χ3n) is 2.86. The van der Waals surface area contributed by atoms with Crippen molar-refractivity contribution in [3.05, 3.63) is 59.4 Å². The molecule has 0 aromatic heterocycles. The Morgan fingerprint density at radius 2 is 2.05 bits per heavy atom. The molecule has 0 radical (unpaired) electrons. The Morgan fingerprint density at radius 3 is 2.90 bits per heavy atom. The van der Waals surface area contributed by atoms with Gasteiger partial charge in [-0.2, -0.15) is 5.10 Å². The van der Waals surface area contributed by atoms with Gasteiger partial charge >= 0.3 is 0 Å². The third-order valence-corrected chi connectivity index (χ3v) is 2.86. The number of amides is 1. The van der Waals surface area contributed by atoms with E-state index in [1.54, 1.807) is 30.3 Å². The van der Waals surface area contributed by atoms with Crippen molar-refractivity contribution in [2.24, 2.45) is 5.10 Å². The van der Waals surface area contributed by atoms with Crippen molar-refractivity contribution in [1.82, 2.24) is 5.43 Å². The lowest BCUT2D eigenvalue weighted by Crippen LogP contribution is -2.17. The van der Waals surface area contributed by atoms with Gasteiger partial charge in [0.25, 0.3) is 5.91 Å². The molecule has 0 bridgehead atoms. The van der Waals surface area contributed by atoms with Gasteiger partial charge in [0.1, 0.15) is 5.82 Å². The predicted octanol–water partition coefficient (Wildman–Crippen LogP) is 2.32. The normalized spacial score (nSPS) is 12.6. The Morgan fingerprint density at radius 1 is 1.19 bits per heavy atom. The van der Waals surface area contributed by atoms with Crippen LogP contribution < -0.4 is 14.9 Å². The highest BCUT2D eigenvalue weighted by atomic mass is 19.1. The van der Waals surface area contributed by atoms with Gasteiger partial charge in [-0.25, -0.2) is 9.82 Å². The van der Waals surface area contributed by atoms with Gasteiger partial charge in [0.05, 0.1) is 6.21 Å². The number of carbonyl (C=O) groups is 1. The summed E-state index contributed by atoms with van der Waals surface area (Å²) in [6.07, 6.45) is 1.37. The Balaban J connectivity index is 1.66. The lowest BCUT2D eigenvalue weighted by Gasteiger charge is -2.01. The molecule has 106 valence electrons. The Bertz CT molecular complexity index is 716. The van der Waals surface area contributed by atoms with E-state index in [9.17, 15) is 9.18 Å². The van der Waals surface area contributed by atoms with Gasteiger partial charge in [-0.1, -0.05) is 12.1 Å². The fraction of sp³-hybridized carbons (Fsp3) is 0.0667. The summed E-state index contributed by atoms with van der Waals surface area (Å²) in [5.41, 5.74) is 3.32. The van der Waals surface area contributed by atoms with E-state index in [0.717, 1.165) is 0 Å². The summed E-state index contributed by atoms with van der Waals surface area (Å²) in [7, 11) is 0. The van der Waals surface area contributed by atoms with Crippen molar-refractivity contribution in [2.75, 3.05) is 6.79 Å². The number of nitrogens with zero attached hydrogens (tertiary/aromatic N) is 1. The molecular formula is C15H11FN2O3. The summed E-state index contributed by atoms with van der Waals surface area (Å²) in [5, 5.41) is 3.79. The molecule has 0 unspecified atom stereocenters. The first-order chi connectivity index (χ1) is 10.2. The van der Waals surface area contributed by atoms with Crippen LogP contribution in [0.1, 0.15) is 15.9 Å². The summed E-state index contributed by atoms with van der Waals surface area (Å²) in [4.78, 5) is 11.9. The molecule has 1 amide bonds. The molecule has 0 aliphatic carbocycles. The van der Waals surface area contributed by atoms with Crippen LogP contribution in [0.15, 0.2) is 47.6 Å². The highest BCUT2D eigenvalue weighted by Crippen LogP contribution is 2.32. The fourth-order valence-corrected chi connectivity index (χ4v) is 1.85. The van der Waals surface area contributed by atoms with Gasteiger partial charge in [-0.3, -0.25) is 4.79 Å². The zero-order chi connectivity index (χ0) is 14.7. The SMILES string of the molecule is O=C(N/N=C/c1cccc(F)c1)c1ccc2c(c1)OCO2. The van der Waals surface area contributed by atoms with Crippen LogP contribution in [0.2, 0.25) is 0 Å². The van der Waals surface area contributed by atoms with Crippen molar-refractivity contribution in [3.63, 3.8) is 0 Å². The molecule has 21 heavy (non-hydrogen) atoms. The molecule has 5 nitrogen and oxygen atoms in total. The molecular weight excluding hydrogens is 275 g/mol. The summed E-state index contributed by atoms with van der Waals surface area (Å²) in [6.45, 7) is 0.151. The second-order valence-electron chi connectivity index (χ2n) is 4.32. The molecule has 2 aromatic rings. The van der Waals surface area contributed by atoms with Crippen LogP contribution in [-0.2, 0) is 0 Å². The van der Waals surface area contributed by atoms with Crippen LogP contribution in [0.3, 0.4) is 0 Å². The number of ether oxygens (including phenoxy) is 2. The monoisotopic (exact) mass is 286 g/mol. The van der Waals surface area contributed by atoms with Gasteiger partial charge in [-0.15, -0.1) is 0 Å². The van der Waals surface area contributed by atoms with Crippen LogP contribution >= 0.6 is 0 Å². The van der Waals surface area contributed by atoms with Crippen molar-refractivity contribution in [1.29, 1.82) is 0 Å². The minimum Gasteiger partial charge on any atom is -0.454 e. The second-order valence-corrected chi connectivity index (χ2v) is 4.32. The minimum atomic E-state index is -0.388. The van der Waals surface area contributed by atoms with Crippen LogP contribution in [0, 0.1) is 5.82 Å². The first-order valence-corrected chi connectivity index (χ1v) is 6.21. The number of halogens is 1. The number of benzene rings is 2. The number of hydrogen-bond acceptors (Lipinski definition) is 4. The molecule has 1 N–H and O–H groups in total. The zero-order valence-corrected chi connectivity index (χ0v) is 10.9. The maximum absolute atomic E-state index is 13.0. The van der Waals surface area contributed by atoms with Crippen molar-refractivity contribution >= 4 is 12.1 Å². The van der Waals surface area contributed by atoms with E-state index < -0.39 is 0 Å². The number of rotatable bonds is 3. The van der Waals surface area contributed by atoms with E-state index in [2.05, 4.69) is 10.5 Å². The molecule has 0 spiro atoms. The van der Waals surface area contributed by atoms with Gasteiger partial charge in [0.2, 0.25) is 6.79 Å². The van der Waals surface area contributed by atoms with Crippen molar-refractivity contribution in [3.8, 4) is 11.5 Å². The molecule has 2 aromatic carbocycles. The minimum absolute atomic E-state index is 0.151. The van der Waals surface area contributed by atoms with Crippen molar-refractivity contribution in [2.45, 2.75) is 0 Å². The molecule has 0 fully saturated rings. The van der Waals surface area contributed by atoms with Crippen molar-refractivity contribution < 1.29 is 18.7 Å². The van der Waals surface area contributed by atoms with E-state index in [0.29, 0.717) is 22.6 Å². The van der Waals surface area contributed by atoms with E-state index in [4.69, 9.17) is 9.47 Å². The average molecular weight is 286 g/mol. The molecule has 1 aliphatic rings. The maximum Gasteiger partial charge on any atom is 0.271 e. The van der Waals surface area contributed by atoms with Gasteiger partial charge < -0.3 is 9.47 Å². The largest absolute Gasteiger partial charge is 0.454 e. The number of fused-ring (bicyclic) bond motifs is 1. The summed E-state index contributed by atoms with van der Waals surface area (Å²) in [5.74, 6) is 0.383. The molecule has 3 rings (SSSR count). The number of carbonyl (C=O) groups excluding carboxylic acids is 1. The van der Waals surface area contributed by atoms with Crippen LogP contribution in [-0.4, -0.2) is 18.9 Å². The molecule has 0 saturated carbocycles. The highest BCUT2D eigenvalue weighted by Gasteiger charge is 2.15. The Hall–Kier alpha value is -2.89. The average Bonchev–Trinajstić information content (AvgIpc) is 2.94. The van der Waals surface area contributed by atoms with Gasteiger partial charge in [-0.05, 0) is 35.9 Å². The lowest BCUT2D eigenvalue weighted by atomic mass is 10.2. The van der Waals surface area contributed by atoms with Crippen LogP contribution in [0.4, 0.5) is 4.39 Å². The highest BCUT2D eigenvalue weighted by molar-refractivity contribution is 5.95. The number of nitrogens with one attached hydrogen (secondary N) is 1. The maximum atomic E-state index is 13.0. The van der Waals surface area contributed by atoms with Gasteiger partial charge in [0, 0.05) is 5.56 Å². The predicted molar refractivity (Wildman–Crippen MR) is 74.0 cm³/mol. The molecule has 0 atom stereocenters. The van der Waals surface area contributed by atoms with Crippen LogP contribution in [0.25, 0.3) is 0 Å². The first kappa shape index (κ1) is 13.1. The lowest BCUT2D eigenvalue weighted by molar-refractivity contribution is 0.0954. The van der Waals surface area contributed by atoms with Crippen LogP contribution in [0.5, 0.6) is 11.5 Å². The topological polar surface area (TPSA) is 59.9 Å². The first-order valence-electron chi connectivity index (χ1n) is 6.21. The smallest absolute Gasteiger partial charge is 0.271 e. The second kappa shape index (κ2) is 5.62. The summed E-state index contributed by atoms with van der Waals surface area (Å²) < 4.78 is 23.3. The number of hydrazone groups is 1.